The van der Waals surface area contributed by atoms with Gasteiger partial charge >= 0.3 is 0 Å². The summed E-state index contributed by atoms with van der Waals surface area (Å²) in [5, 5.41) is 0. The van der Waals surface area contributed by atoms with Gasteiger partial charge in [0.05, 0.1) is 0 Å². The Hall–Kier alpha value is -0.170. The molecule has 0 saturated carbocycles. The van der Waals surface area contributed by atoms with Gasteiger partial charge in [-0.25, -0.2) is 0 Å². The quantitative estimate of drug-likeness (QED) is 0.614. The van der Waals surface area contributed by atoms with E-state index in [9.17, 15) is 8.42 Å². The van der Waals surface area contributed by atoms with E-state index in [2.05, 4.69) is 0 Å². The summed E-state index contributed by atoms with van der Waals surface area (Å²) in [5.74, 6) is 0. The second kappa shape index (κ2) is 3.69. The van der Waals surface area contributed by atoms with Crippen molar-refractivity contribution in [2.75, 3.05) is 33.2 Å². The summed E-state index contributed by atoms with van der Waals surface area (Å²) in [6, 6.07) is 0. The Bertz CT molecular complexity index is 239. The second-order valence-corrected chi connectivity index (χ2v) is 4.91. The number of hydrogen-bond donors (Lipinski definition) is 1. The molecule has 0 aromatic heterocycles. The predicted octanol–water partition coefficient (Wildman–Crippen LogP) is -1.17. The highest BCUT2D eigenvalue weighted by molar-refractivity contribution is 7.87. The van der Waals surface area contributed by atoms with Crippen molar-refractivity contribution in [3.8, 4) is 0 Å². The first kappa shape index (κ1) is 9.91. The Morgan fingerprint density at radius 2 is 2.08 bits per heavy atom. The summed E-state index contributed by atoms with van der Waals surface area (Å²) < 4.78 is 25.7. The maximum absolute atomic E-state index is 11.4. The van der Waals surface area contributed by atoms with E-state index in [4.69, 9.17) is 5.73 Å². The van der Waals surface area contributed by atoms with Crippen molar-refractivity contribution in [1.29, 1.82) is 0 Å². The molecule has 0 spiro atoms. The van der Waals surface area contributed by atoms with E-state index < -0.39 is 10.2 Å². The van der Waals surface area contributed by atoms with Gasteiger partial charge in [0, 0.05) is 26.7 Å². The van der Waals surface area contributed by atoms with E-state index >= 15 is 0 Å². The van der Waals surface area contributed by atoms with Crippen molar-refractivity contribution in [2.24, 2.45) is 5.73 Å². The van der Waals surface area contributed by atoms with Crippen molar-refractivity contribution in [1.82, 2.24) is 8.61 Å². The Morgan fingerprint density at radius 1 is 1.42 bits per heavy atom. The third-order valence-electron chi connectivity index (χ3n) is 2.00. The molecule has 12 heavy (non-hydrogen) atoms. The van der Waals surface area contributed by atoms with Gasteiger partial charge in [-0.1, -0.05) is 0 Å². The summed E-state index contributed by atoms with van der Waals surface area (Å²) >= 11 is 0. The minimum absolute atomic E-state index is 0.537. The second-order valence-electron chi connectivity index (χ2n) is 2.87. The molecule has 1 heterocycles. The van der Waals surface area contributed by atoms with Gasteiger partial charge in [-0.2, -0.15) is 17.0 Å². The first-order chi connectivity index (χ1) is 5.59. The number of nitrogens with zero attached hydrogens (tertiary/aromatic N) is 2. The van der Waals surface area contributed by atoms with Gasteiger partial charge in [-0.3, -0.25) is 0 Å². The standard InChI is InChI=1S/C6H15N3O2S/c1-8-5-6-9(4-2-3-7)12(8,10)11/h2-7H2,1H3. The van der Waals surface area contributed by atoms with Crippen molar-refractivity contribution in [2.45, 2.75) is 6.42 Å². The summed E-state index contributed by atoms with van der Waals surface area (Å²) in [5.41, 5.74) is 5.29. The highest BCUT2D eigenvalue weighted by Crippen LogP contribution is 2.13. The van der Waals surface area contributed by atoms with Gasteiger partial charge in [0.15, 0.2) is 0 Å². The smallest absolute Gasteiger partial charge is 0.281 e. The predicted molar refractivity (Wildman–Crippen MR) is 46.8 cm³/mol. The van der Waals surface area contributed by atoms with Crippen molar-refractivity contribution in [3.05, 3.63) is 0 Å². The lowest BCUT2D eigenvalue weighted by atomic mass is 10.4. The molecule has 1 aliphatic heterocycles. The van der Waals surface area contributed by atoms with Crippen LogP contribution in [0.4, 0.5) is 0 Å². The van der Waals surface area contributed by atoms with Gasteiger partial charge in [-0.15, -0.1) is 0 Å². The largest absolute Gasteiger partial charge is 0.330 e. The minimum atomic E-state index is -3.13. The average Bonchev–Trinajstić information content (AvgIpc) is 2.25. The Morgan fingerprint density at radius 3 is 2.50 bits per heavy atom. The zero-order chi connectivity index (χ0) is 9.19. The van der Waals surface area contributed by atoms with Crippen LogP contribution < -0.4 is 5.73 Å². The van der Waals surface area contributed by atoms with Gasteiger partial charge < -0.3 is 5.73 Å². The lowest BCUT2D eigenvalue weighted by molar-refractivity contribution is 0.443. The first-order valence-electron chi connectivity index (χ1n) is 4.00. The molecule has 72 valence electrons. The molecule has 1 fully saturated rings. The first-order valence-corrected chi connectivity index (χ1v) is 5.40. The van der Waals surface area contributed by atoms with Crippen LogP contribution in [0.15, 0.2) is 0 Å². The molecule has 0 unspecified atom stereocenters. The van der Waals surface area contributed by atoms with Crippen LogP contribution in [0.25, 0.3) is 0 Å². The Kier molecular flexibility index (Phi) is 3.05. The lowest BCUT2D eigenvalue weighted by Gasteiger charge is -2.14. The molecule has 0 bridgehead atoms. The van der Waals surface area contributed by atoms with Gasteiger partial charge in [-0.05, 0) is 13.0 Å². The molecule has 0 amide bonds. The van der Waals surface area contributed by atoms with E-state index in [-0.39, 0.29) is 0 Å². The average molecular weight is 193 g/mol. The van der Waals surface area contributed by atoms with Crippen LogP contribution in [0.2, 0.25) is 0 Å². The molecule has 0 aliphatic carbocycles. The SMILES string of the molecule is CN1CCN(CCCN)S1(=O)=O. The molecule has 5 nitrogen and oxygen atoms in total. The summed E-state index contributed by atoms with van der Waals surface area (Å²) in [6.45, 7) is 2.27. The minimum Gasteiger partial charge on any atom is -0.330 e. The van der Waals surface area contributed by atoms with Crippen molar-refractivity contribution in [3.63, 3.8) is 0 Å². The fourth-order valence-corrected chi connectivity index (χ4v) is 2.55. The molecular formula is C6H15N3O2S. The molecule has 2 N–H and O–H groups in total. The van der Waals surface area contributed by atoms with Crippen molar-refractivity contribution < 1.29 is 8.42 Å². The Balaban J connectivity index is 2.57. The topological polar surface area (TPSA) is 66.6 Å². The highest BCUT2D eigenvalue weighted by Gasteiger charge is 2.32. The molecule has 1 aliphatic rings. The normalized spacial score (nSPS) is 24.8. The maximum Gasteiger partial charge on any atom is 0.281 e. The molecule has 0 atom stereocenters. The van der Waals surface area contributed by atoms with Crippen molar-refractivity contribution >= 4 is 10.2 Å². The number of hydrogen-bond acceptors (Lipinski definition) is 3. The third kappa shape index (κ3) is 1.77. The third-order valence-corrected chi connectivity index (χ3v) is 3.98. The van der Waals surface area contributed by atoms with E-state index in [1.807, 2.05) is 0 Å². The number of nitrogens with two attached hydrogens (primary N) is 1. The molecule has 0 aromatic rings. The van der Waals surface area contributed by atoms with Crippen LogP contribution in [0.3, 0.4) is 0 Å². The van der Waals surface area contributed by atoms with E-state index in [0.717, 1.165) is 6.42 Å². The summed E-state index contributed by atoms with van der Waals surface area (Å²) in [6.07, 6.45) is 0.729. The summed E-state index contributed by atoms with van der Waals surface area (Å²) in [4.78, 5) is 0. The maximum atomic E-state index is 11.4. The number of likely N-dealkylation sites (N-methyl/N-ethyl adjacent to an activating group) is 1. The molecule has 1 rings (SSSR count). The van der Waals surface area contributed by atoms with Crippen LogP contribution >= 0.6 is 0 Å². The van der Waals surface area contributed by atoms with Crippen LogP contribution in [0.1, 0.15) is 6.42 Å². The zero-order valence-electron chi connectivity index (χ0n) is 7.23. The fourth-order valence-electron chi connectivity index (χ4n) is 1.18. The van der Waals surface area contributed by atoms with Gasteiger partial charge in [0.25, 0.3) is 10.2 Å². The number of rotatable bonds is 3. The fraction of sp³-hybridized carbons (Fsp3) is 1.00. The molecule has 0 radical (unpaired) electrons. The highest BCUT2D eigenvalue weighted by atomic mass is 32.2. The molecule has 6 heteroatoms. The van der Waals surface area contributed by atoms with Crippen LogP contribution in [-0.2, 0) is 10.2 Å². The summed E-state index contributed by atoms with van der Waals surface area (Å²) in [7, 11) is -1.53. The molecular weight excluding hydrogens is 178 g/mol. The van der Waals surface area contributed by atoms with Crippen LogP contribution in [0.5, 0.6) is 0 Å². The van der Waals surface area contributed by atoms with E-state index in [1.54, 1.807) is 7.05 Å². The monoisotopic (exact) mass is 193 g/mol. The van der Waals surface area contributed by atoms with Gasteiger partial charge in [0.1, 0.15) is 0 Å². The Labute approximate surface area is 73.3 Å². The van der Waals surface area contributed by atoms with E-state index in [1.165, 1.54) is 8.61 Å². The van der Waals surface area contributed by atoms with Crippen LogP contribution in [0, 0.1) is 0 Å². The lowest BCUT2D eigenvalue weighted by Crippen LogP contribution is -2.32. The zero-order valence-corrected chi connectivity index (χ0v) is 8.05. The van der Waals surface area contributed by atoms with Gasteiger partial charge in [0.2, 0.25) is 0 Å². The van der Waals surface area contributed by atoms with Crippen LogP contribution in [-0.4, -0.2) is 50.3 Å². The molecule has 1 saturated heterocycles. The molecule has 0 aromatic carbocycles. The van der Waals surface area contributed by atoms with E-state index in [0.29, 0.717) is 26.2 Å².